The highest BCUT2D eigenvalue weighted by molar-refractivity contribution is 6.04. The number of hydrogen-bond donors (Lipinski definition) is 1. The summed E-state index contributed by atoms with van der Waals surface area (Å²) in [5, 5.41) is 3.41. The van der Waals surface area contributed by atoms with Crippen molar-refractivity contribution in [2.75, 3.05) is 14.2 Å². The number of esters is 1. The maximum Gasteiger partial charge on any atom is 0.337 e. The van der Waals surface area contributed by atoms with E-state index < -0.39 is 11.9 Å². The van der Waals surface area contributed by atoms with Crippen LogP contribution in [0.25, 0.3) is 0 Å². The Labute approximate surface area is 222 Å². The van der Waals surface area contributed by atoms with E-state index in [0.717, 1.165) is 22.4 Å². The van der Waals surface area contributed by atoms with Gasteiger partial charge in [0, 0.05) is 35.0 Å². The maximum atomic E-state index is 13.8. The summed E-state index contributed by atoms with van der Waals surface area (Å²) in [7, 11) is 3.16. The number of methoxy groups -OCH3 is 2. The van der Waals surface area contributed by atoms with Gasteiger partial charge < -0.3 is 19.5 Å². The number of allylic oxidation sites excluding steroid dienone is 3. The number of Topliss-reactive ketones (excluding diaryl/α,β-unsaturated/α-hetero) is 1. The monoisotopic (exact) mass is 509 g/mol. The number of ether oxygens (including phenoxy) is 3. The van der Waals surface area contributed by atoms with Crippen LogP contribution in [0, 0.1) is 0 Å². The first-order valence-electron chi connectivity index (χ1n) is 12.7. The summed E-state index contributed by atoms with van der Waals surface area (Å²) in [5.41, 5.74) is 5.26. The Morgan fingerprint density at radius 3 is 2.32 bits per heavy atom. The van der Waals surface area contributed by atoms with Crippen molar-refractivity contribution < 1.29 is 23.8 Å². The molecule has 6 heteroatoms. The summed E-state index contributed by atoms with van der Waals surface area (Å²) in [6.45, 7) is 2.00. The Morgan fingerprint density at radius 1 is 0.921 bits per heavy atom. The Bertz CT molecular complexity index is 1410. The SMILES string of the molecule is COc1ccc(C2C(C(=O)OCc3ccccc3)=C(C)NC3=C2C(=O)CC(c2ccccc2)C3)c(OC)c1. The lowest BCUT2D eigenvalue weighted by molar-refractivity contribution is -0.140. The van der Waals surface area contributed by atoms with Crippen LogP contribution >= 0.6 is 0 Å². The smallest absolute Gasteiger partial charge is 0.337 e. The summed E-state index contributed by atoms with van der Waals surface area (Å²) in [6, 6.07) is 25.1. The van der Waals surface area contributed by atoms with E-state index in [1.54, 1.807) is 20.3 Å². The lowest BCUT2D eigenvalue weighted by Gasteiger charge is -2.37. The van der Waals surface area contributed by atoms with Crippen molar-refractivity contribution in [2.24, 2.45) is 0 Å². The molecule has 2 aliphatic rings. The number of hydrogen-bond acceptors (Lipinski definition) is 6. The minimum atomic E-state index is -0.625. The van der Waals surface area contributed by atoms with Crippen LogP contribution < -0.4 is 14.8 Å². The summed E-state index contributed by atoms with van der Waals surface area (Å²) < 4.78 is 16.9. The summed E-state index contributed by atoms with van der Waals surface area (Å²) in [4.78, 5) is 27.5. The molecule has 0 spiro atoms. The molecule has 0 saturated carbocycles. The third-order valence-corrected chi connectivity index (χ3v) is 7.28. The molecule has 2 unspecified atom stereocenters. The van der Waals surface area contributed by atoms with Gasteiger partial charge in [-0.15, -0.1) is 0 Å². The molecular formula is C32H31NO5. The summed E-state index contributed by atoms with van der Waals surface area (Å²) >= 11 is 0. The molecular weight excluding hydrogens is 478 g/mol. The molecule has 1 aliphatic heterocycles. The van der Waals surface area contributed by atoms with Crippen molar-refractivity contribution in [2.45, 2.75) is 38.2 Å². The number of ketones is 1. The fourth-order valence-electron chi connectivity index (χ4n) is 5.44. The van der Waals surface area contributed by atoms with Crippen molar-refractivity contribution in [1.82, 2.24) is 5.32 Å². The maximum absolute atomic E-state index is 13.8. The molecule has 1 N–H and O–H groups in total. The van der Waals surface area contributed by atoms with Crippen molar-refractivity contribution in [3.8, 4) is 11.5 Å². The van der Waals surface area contributed by atoms with E-state index in [4.69, 9.17) is 14.2 Å². The second-order valence-electron chi connectivity index (χ2n) is 9.60. The van der Waals surface area contributed by atoms with Crippen LogP contribution in [0.1, 0.15) is 48.3 Å². The molecule has 0 aromatic heterocycles. The zero-order valence-electron chi connectivity index (χ0n) is 21.8. The van der Waals surface area contributed by atoms with Gasteiger partial charge in [-0.25, -0.2) is 4.79 Å². The third-order valence-electron chi connectivity index (χ3n) is 7.28. The molecule has 6 nitrogen and oxygen atoms in total. The van der Waals surface area contributed by atoms with E-state index in [2.05, 4.69) is 17.4 Å². The quantitative estimate of drug-likeness (QED) is 0.405. The van der Waals surface area contributed by atoms with Gasteiger partial charge in [-0.2, -0.15) is 0 Å². The van der Waals surface area contributed by atoms with E-state index >= 15 is 0 Å². The van der Waals surface area contributed by atoms with Crippen LogP contribution in [0.3, 0.4) is 0 Å². The first-order valence-corrected chi connectivity index (χ1v) is 12.7. The highest BCUT2D eigenvalue weighted by Gasteiger charge is 2.42. The largest absolute Gasteiger partial charge is 0.497 e. The van der Waals surface area contributed by atoms with Gasteiger partial charge in [0.15, 0.2) is 5.78 Å². The lowest BCUT2D eigenvalue weighted by atomic mass is 9.71. The van der Waals surface area contributed by atoms with Crippen LogP contribution in [-0.2, 0) is 20.9 Å². The number of benzene rings is 3. The number of carbonyl (C=O) groups excluding carboxylic acids is 2. The van der Waals surface area contributed by atoms with Crippen molar-refractivity contribution in [3.05, 3.63) is 118 Å². The van der Waals surface area contributed by atoms with Gasteiger partial charge in [0.05, 0.1) is 25.7 Å². The number of carbonyl (C=O) groups is 2. The van der Waals surface area contributed by atoms with E-state index in [-0.39, 0.29) is 18.3 Å². The van der Waals surface area contributed by atoms with Gasteiger partial charge in [0.2, 0.25) is 0 Å². The summed E-state index contributed by atoms with van der Waals surface area (Å²) in [6.07, 6.45) is 1.04. The molecule has 0 fully saturated rings. The third kappa shape index (κ3) is 4.94. The number of dihydropyridines is 1. The molecule has 1 heterocycles. The lowest BCUT2D eigenvalue weighted by Crippen LogP contribution is -2.36. The average Bonchev–Trinajstić information content (AvgIpc) is 2.95. The Kier molecular flexibility index (Phi) is 7.31. The topological polar surface area (TPSA) is 73.9 Å². The van der Waals surface area contributed by atoms with E-state index in [1.165, 1.54) is 0 Å². The Balaban J connectivity index is 1.57. The van der Waals surface area contributed by atoms with E-state index in [9.17, 15) is 9.59 Å². The molecule has 0 saturated heterocycles. The molecule has 1 aliphatic carbocycles. The Hall–Kier alpha value is -4.32. The summed E-state index contributed by atoms with van der Waals surface area (Å²) in [5.74, 6) is 0.152. The van der Waals surface area contributed by atoms with Gasteiger partial charge in [-0.3, -0.25) is 4.79 Å². The van der Waals surface area contributed by atoms with Crippen LogP contribution in [0.4, 0.5) is 0 Å². The second-order valence-corrected chi connectivity index (χ2v) is 9.60. The predicted octanol–water partition coefficient (Wildman–Crippen LogP) is 5.81. The first kappa shape index (κ1) is 25.3. The molecule has 0 amide bonds. The number of nitrogens with one attached hydrogen (secondary N) is 1. The van der Waals surface area contributed by atoms with Crippen LogP contribution in [0.2, 0.25) is 0 Å². The standard InChI is InChI=1S/C32H31NO5/c1-20-29(32(35)38-19-21-10-6-4-7-11-21)30(25-15-14-24(36-2)18-28(25)37-3)31-26(33-20)16-23(17-27(31)34)22-12-8-5-9-13-22/h4-15,18,23,30,33H,16-17,19H2,1-3H3. The van der Waals surface area contributed by atoms with Crippen LogP contribution in [0.5, 0.6) is 11.5 Å². The van der Waals surface area contributed by atoms with Gasteiger partial charge >= 0.3 is 5.97 Å². The molecule has 3 aromatic rings. The zero-order chi connectivity index (χ0) is 26.6. The molecule has 5 rings (SSSR count). The van der Waals surface area contributed by atoms with Gasteiger partial charge in [0.25, 0.3) is 0 Å². The fourth-order valence-corrected chi connectivity index (χ4v) is 5.44. The van der Waals surface area contributed by atoms with Crippen molar-refractivity contribution in [3.63, 3.8) is 0 Å². The Morgan fingerprint density at radius 2 is 1.63 bits per heavy atom. The van der Waals surface area contributed by atoms with Crippen molar-refractivity contribution >= 4 is 11.8 Å². The highest BCUT2D eigenvalue weighted by Crippen LogP contribution is 2.48. The molecule has 38 heavy (non-hydrogen) atoms. The van der Waals surface area contributed by atoms with E-state index in [1.807, 2.05) is 67.6 Å². The normalized spacial score (nSPS) is 19.0. The van der Waals surface area contributed by atoms with Crippen molar-refractivity contribution in [1.29, 1.82) is 0 Å². The second kappa shape index (κ2) is 11.0. The fraction of sp³-hybridized carbons (Fsp3) is 0.250. The zero-order valence-corrected chi connectivity index (χ0v) is 21.8. The van der Waals surface area contributed by atoms with Gasteiger partial charge in [-0.05, 0) is 36.5 Å². The molecule has 0 radical (unpaired) electrons. The molecule has 194 valence electrons. The van der Waals surface area contributed by atoms with Gasteiger partial charge in [-0.1, -0.05) is 66.7 Å². The average molecular weight is 510 g/mol. The van der Waals surface area contributed by atoms with Gasteiger partial charge in [0.1, 0.15) is 18.1 Å². The minimum Gasteiger partial charge on any atom is -0.497 e. The van der Waals surface area contributed by atoms with E-state index in [0.29, 0.717) is 41.2 Å². The highest BCUT2D eigenvalue weighted by atomic mass is 16.5. The first-order chi connectivity index (χ1) is 18.5. The number of rotatable bonds is 7. The molecule has 2 atom stereocenters. The van der Waals surface area contributed by atoms with Crippen LogP contribution in [-0.4, -0.2) is 26.0 Å². The minimum absolute atomic E-state index is 0.0105. The molecule has 0 bridgehead atoms. The predicted molar refractivity (Wildman–Crippen MR) is 145 cm³/mol. The van der Waals surface area contributed by atoms with Crippen LogP contribution in [0.15, 0.2) is 101 Å². The molecule has 3 aromatic carbocycles.